The van der Waals surface area contributed by atoms with Gasteiger partial charge >= 0.3 is 0 Å². The van der Waals surface area contributed by atoms with Gasteiger partial charge in [0.15, 0.2) is 0 Å². The number of allylic oxidation sites excluding steroid dienone is 1. The summed E-state index contributed by atoms with van der Waals surface area (Å²) < 4.78 is 0. The van der Waals surface area contributed by atoms with Crippen molar-refractivity contribution in [2.45, 2.75) is 12.8 Å². The molecule has 1 fully saturated rings. The first-order valence-electron chi connectivity index (χ1n) is 4.23. The van der Waals surface area contributed by atoms with E-state index in [4.69, 9.17) is 11.6 Å². The van der Waals surface area contributed by atoms with Crippen LogP contribution in [0.3, 0.4) is 0 Å². The largest absolute Gasteiger partial charge is 0.0949 e. The Morgan fingerprint density at radius 3 is 2.58 bits per heavy atom. The van der Waals surface area contributed by atoms with Crippen LogP contribution in [0.25, 0.3) is 5.57 Å². The summed E-state index contributed by atoms with van der Waals surface area (Å²) in [5.74, 6) is 0.699. The molecule has 2 rings (SSSR count). The Morgan fingerprint density at radius 1 is 1.33 bits per heavy atom. The molecular weight excluding hydrogens is 168 g/mol. The van der Waals surface area contributed by atoms with Gasteiger partial charge in [0.1, 0.15) is 0 Å². The summed E-state index contributed by atoms with van der Waals surface area (Å²) in [6.07, 6.45) is 2.56. The van der Waals surface area contributed by atoms with Crippen LogP contribution in [-0.2, 0) is 0 Å². The van der Waals surface area contributed by atoms with Crippen LogP contribution in [-0.4, -0.2) is 0 Å². The van der Waals surface area contributed by atoms with E-state index in [1.807, 2.05) is 24.3 Å². The molecule has 0 N–H and O–H groups in total. The van der Waals surface area contributed by atoms with Crippen LogP contribution >= 0.6 is 11.6 Å². The van der Waals surface area contributed by atoms with Crippen LogP contribution in [0.4, 0.5) is 0 Å². The van der Waals surface area contributed by atoms with E-state index in [1.165, 1.54) is 18.4 Å². The predicted octanol–water partition coefficient (Wildman–Crippen LogP) is 3.76. The third kappa shape index (κ3) is 1.39. The zero-order chi connectivity index (χ0) is 8.55. The Bertz CT molecular complexity index is 311. The van der Waals surface area contributed by atoms with Crippen molar-refractivity contribution >= 4 is 17.2 Å². The zero-order valence-electron chi connectivity index (χ0n) is 6.89. The first-order chi connectivity index (χ1) is 5.79. The number of hydrogen-bond acceptors (Lipinski definition) is 0. The fourth-order valence-corrected chi connectivity index (χ4v) is 1.63. The summed E-state index contributed by atoms with van der Waals surface area (Å²) in [7, 11) is 0. The standard InChI is InChI=1S/C11H11Cl/c1-8(9-6-7-9)10-4-2-3-5-11(10)12/h2-5,9H,1,6-7H2. The predicted molar refractivity (Wildman–Crippen MR) is 53.2 cm³/mol. The molecule has 0 heterocycles. The van der Waals surface area contributed by atoms with Gasteiger partial charge in [0, 0.05) is 5.02 Å². The molecule has 1 aromatic rings. The van der Waals surface area contributed by atoms with E-state index < -0.39 is 0 Å². The molecule has 0 atom stereocenters. The Hall–Kier alpha value is -0.750. The Labute approximate surface area is 77.9 Å². The van der Waals surface area contributed by atoms with Gasteiger partial charge in [-0.2, -0.15) is 0 Å². The molecule has 0 radical (unpaired) electrons. The molecule has 1 aliphatic carbocycles. The van der Waals surface area contributed by atoms with Gasteiger partial charge in [-0.15, -0.1) is 0 Å². The van der Waals surface area contributed by atoms with Gasteiger partial charge in [0.05, 0.1) is 0 Å². The maximum Gasteiger partial charge on any atom is 0.0481 e. The van der Waals surface area contributed by atoms with Crippen LogP contribution in [0.1, 0.15) is 18.4 Å². The molecule has 1 aromatic carbocycles. The molecule has 12 heavy (non-hydrogen) atoms. The van der Waals surface area contributed by atoms with Crippen LogP contribution in [0.5, 0.6) is 0 Å². The van der Waals surface area contributed by atoms with Crippen molar-refractivity contribution in [3.63, 3.8) is 0 Å². The SMILES string of the molecule is C=C(c1ccccc1Cl)C1CC1. The lowest BCUT2D eigenvalue weighted by molar-refractivity contribution is 1.15. The maximum atomic E-state index is 6.03. The molecule has 0 saturated heterocycles. The normalized spacial score (nSPS) is 16.1. The van der Waals surface area contributed by atoms with Crippen molar-refractivity contribution in [1.82, 2.24) is 0 Å². The van der Waals surface area contributed by atoms with Crippen molar-refractivity contribution in [3.8, 4) is 0 Å². The molecule has 0 aliphatic heterocycles. The smallest absolute Gasteiger partial charge is 0.0481 e. The monoisotopic (exact) mass is 178 g/mol. The van der Waals surface area contributed by atoms with Gasteiger partial charge < -0.3 is 0 Å². The Balaban J connectivity index is 2.32. The lowest BCUT2D eigenvalue weighted by atomic mass is 10.0. The lowest BCUT2D eigenvalue weighted by Crippen LogP contribution is -1.85. The first-order valence-corrected chi connectivity index (χ1v) is 4.60. The van der Waals surface area contributed by atoms with Crippen molar-refractivity contribution in [3.05, 3.63) is 41.4 Å². The molecule has 1 aliphatic rings. The summed E-state index contributed by atoms with van der Waals surface area (Å²) in [5, 5.41) is 0.828. The summed E-state index contributed by atoms with van der Waals surface area (Å²) in [4.78, 5) is 0. The molecule has 0 spiro atoms. The summed E-state index contributed by atoms with van der Waals surface area (Å²) in [6, 6.07) is 7.92. The minimum atomic E-state index is 0.699. The van der Waals surface area contributed by atoms with Crippen molar-refractivity contribution in [2.24, 2.45) is 5.92 Å². The van der Waals surface area contributed by atoms with E-state index >= 15 is 0 Å². The lowest BCUT2D eigenvalue weighted by Gasteiger charge is -2.05. The summed E-state index contributed by atoms with van der Waals surface area (Å²) >= 11 is 6.03. The molecule has 0 bridgehead atoms. The molecule has 0 amide bonds. The van der Waals surface area contributed by atoms with Gasteiger partial charge in [0.25, 0.3) is 0 Å². The van der Waals surface area contributed by atoms with Crippen molar-refractivity contribution in [2.75, 3.05) is 0 Å². The van der Waals surface area contributed by atoms with E-state index in [-0.39, 0.29) is 0 Å². The van der Waals surface area contributed by atoms with Crippen LogP contribution < -0.4 is 0 Å². The van der Waals surface area contributed by atoms with Gasteiger partial charge in [-0.05, 0) is 36.0 Å². The molecule has 0 aromatic heterocycles. The summed E-state index contributed by atoms with van der Waals surface area (Å²) in [6.45, 7) is 4.06. The average molecular weight is 179 g/mol. The number of hydrogen-bond donors (Lipinski definition) is 0. The quantitative estimate of drug-likeness (QED) is 0.647. The van der Waals surface area contributed by atoms with Crippen molar-refractivity contribution < 1.29 is 0 Å². The minimum absolute atomic E-state index is 0.699. The van der Waals surface area contributed by atoms with Gasteiger partial charge in [-0.1, -0.05) is 36.4 Å². The van der Waals surface area contributed by atoms with E-state index in [2.05, 4.69) is 6.58 Å². The van der Waals surface area contributed by atoms with Gasteiger partial charge in [-0.3, -0.25) is 0 Å². The minimum Gasteiger partial charge on any atom is -0.0949 e. The Morgan fingerprint density at radius 2 is 2.00 bits per heavy atom. The van der Waals surface area contributed by atoms with E-state index in [9.17, 15) is 0 Å². The molecule has 0 unspecified atom stereocenters. The Kier molecular flexibility index (Phi) is 1.93. The maximum absolute atomic E-state index is 6.03. The second kappa shape index (κ2) is 2.95. The van der Waals surface area contributed by atoms with E-state index in [0.717, 1.165) is 10.6 Å². The summed E-state index contributed by atoms with van der Waals surface area (Å²) in [5.41, 5.74) is 2.34. The zero-order valence-corrected chi connectivity index (χ0v) is 7.64. The molecule has 0 nitrogen and oxygen atoms in total. The second-order valence-electron chi connectivity index (χ2n) is 3.28. The van der Waals surface area contributed by atoms with Crippen molar-refractivity contribution in [1.29, 1.82) is 0 Å². The fourth-order valence-electron chi connectivity index (χ4n) is 1.37. The molecule has 1 saturated carbocycles. The number of rotatable bonds is 2. The van der Waals surface area contributed by atoms with Gasteiger partial charge in [0.2, 0.25) is 0 Å². The highest BCUT2D eigenvalue weighted by Crippen LogP contribution is 2.42. The third-order valence-corrected chi connectivity index (χ3v) is 2.62. The number of halogens is 1. The number of benzene rings is 1. The van der Waals surface area contributed by atoms with E-state index in [1.54, 1.807) is 0 Å². The highest BCUT2D eigenvalue weighted by molar-refractivity contribution is 6.32. The van der Waals surface area contributed by atoms with Crippen LogP contribution in [0, 0.1) is 5.92 Å². The van der Waals surface area contributed by atoms with Crippen LogP contribution in [0.2, 0.25) is 5.02 Å². The topological polar surface area (TPSA) is 0 Å². The second-order valence-corrected chi connectivity index (χ2v) is 3.69. The highest BCUT2D eigenvalue weighted by atomic mass is 35.5. The van der Waals surface area contributed by atoms with Gasteiger partial charge in [-0.25, -0.2) is 0 Å². The molecular formula is C11H11Cl. The van der Waals surface area contributed by atoms with E-state index in [0.29, 0.717) is 5.92 Å². The fraction of sp³-hybridized carbons (Fsp3) is 0.273. The molecule has 62 valence electrons. The average Bonchev–Trinajstić information content (AvgIpc) is 2.86. The van der Waals surface area contributed by atoms with Crippen LogP contribution in [0.15, 0.2) is 30.8 Å². The molecule has 1 heteroatoms. The third-order valence-electron chi connectivity index (χ3n) is 2.29. The first kappa shape index (κ1) is 7.88. The highest BCUT2D eigenvalue weighted by Gasteiger charge is 2.26.